The first kappa shape index (κ1) is 15.4. The van der Waals surface area contributed by atoms with Crippen LogP contribution in [-0.2, 0) is 4.79 Å². The van der Waals surface area contributed by atoms with Crippen LogP contribution in [0.3, 0.4) is 0 Å². The zero-order valence-electron chi connectivity index (χ0n) is 11.5. The van der Waals surface area contributed by atoms with Gasteiger partial charge in [-0.25, -0.2) is 0 Å². The minimum absolute atomic E-state index is 0.0465. The Balaban J connectivity index is 1.93. The first-order valence-electron chi connectivity index (χ1n) is 7.00. The second kappa shape index (κ2) is 7.14. The van der Waals surface area contributed by atoms with E-state index in [0.717, 1.165) is 12.0 Å². The molecule has 0 radical (unpaired) electrons. The summed E-state index contributed by atoms with van der Waals surface area (Å²) in [5, 5.41) is 4.09. The van der Waals surface area contributed by atoms with E-state index >= 15 is 0 Å². The molecule has 0 bridgehead atoms. The molecule has 1 N–H and O–H groups in total. The van der Waals surface area contributed by atoms with Crippen LogP contribution in [0.15, 0.2) is 24.3 Å². The van der Waals surface area contributed by atoms with Gasteiger partial charge in [0, 0.05) is 12.1 Å². The largest absolute Gasteiger partial charge is 0.350 e. The molecular weight excluding hydrogens is 293 g/mol. The fourth-order valence-electron chi connectivity index (χ4n) is 2.55. The molecule has 0 saturated heterocycles. The molecule has 1 saturated carbocycles. The average molecular weight is 312 g/mol. The van der Waals surface area contributed by atoms with Gasteiger partial charge in [-0.15, -0.1) is 0 Å². The molecule has 0 aliphatic heterocycles. The number of halogens is 2. The summed E-state index contributed by atoms with van der Waals surface area (Å²) >= 11 is 11.8. The highest BCUT2D eigenvalue weighted by Gasteiger charge is 2.21. The van der Waals surface area contributed by atoms with Gasteiger partial charge in [0.05, 0.1) is 10.0 Å². The van der Waals surface area contributed by atoms with Crippen LogP contribution in [0.4, 0.5) is 0 Å². The summed E-state index contributed by atoms with van der Waals surface area (Å²) < 4.78 is 0. The Morgan fingerprint density at radius 3 is 2.70 bits per heavy atom. The standard InChI is InChI=1S/C16H19Cl2NO/c1-11-4-2-3-5-15(11)19-16(20)9-7-12-6-8-13(17)14(18)10-12/h6-11,15H,2-5H2,1H3,(H,19,20)/b9-7+/t11-,15-/m1/s1. The lowest BCUT2D eigenvalue weighted by Gasteiger charge is -2.29. The predicted molar refractivity (Wildman–Crippen MR) is 85.1 cm³/mol. The smallest absolute Gasteiger partial charge is 0.244 e. The monoisotopic (exact) mass is 311 g/mol. The number of carbonyl (C=O) groups is 1. The van der Waals surface area contributed by atoms with Crippen molar-refractivity contribution in [2.45, 2.75) is 38.6 Å². The third kappa shape index (κ3) is 4.26. The number of hydrogen-bond acceptors (Lipinski definition) is 1. The van der Waals surface area contributed by atoms with Crippen molar-refractivity contribution >= 4 is 35.2 Å². The summed E-state index contributed by atoms with van der Waals surface area (Å²) in [6, 6.07) is 5.61. The van der Waals surface area contributed by atoms with Crippen LogP contribution in [0, 0.1) is 5.92 Å². The molecular formula is C16H19Cl2NO. The molecule has 108 valence electrons. The van der Waals surface area contributed by atoms with E-state index in [0.29, 0.717) is 22.0 Å². The normalized spacial score (nSPS) is 22.9. The molecule has 1 aliphatic carbocycles. The lowest BCUT2D eigenvalue weighted by atomic mass is 9.86. The molecule has 4 heteroatoms. The molecule has 20 heavy (non-hydrogen) atoms. The van der Waals surface area contributed by atoms with Gasteiger partial charge in [-0.1, -0.05) is 49.0 Å². The van der Waals surface area contributed by atoms with Gasteiger partial charge in [-0.3, -0.25) is 4.79 Å². The summed E-state index contributed by atoms with van der Waals surface area (Å²) in [6.45, 7) is 2.20. The van der Waals surface area contributed by atoms with Crippen molar-refractivity contribution in [3.05, 3.63) is 39.9 Å². The van der Waals surface area contributed by atoms with E-state index in [1.807, 2.05) is 6.07 Å². The maximum atomic E-state index is 11.9. The van der Waals surface area contributed by atoms with E-state index in [1.54, 1.807) is 24.3 Å². The maximum absolute atomic E-state index is 11.9. The fourth-order valence-corrected chi connectivity index (χ4v) is 2.86. The summed E-state index contributed by atoms with van der Waals surface area (Å²) in [4.78, 5) is 11.9. The number of nitrogens with one attached hydrogen (secondary N) is 1. The number of amides is 1. The summed E-state index contributed by atoms with van der Waals surface area (Å²) in [6.07, 6.45) is 8.05. The SMILES string of the molecule is C[C@@H]1CCCC[C@H]1NC(=O)/C=C/c1ccc(Cl)c(Cl)c1. The maximum Gasteiger partial charge on any atom is 0.244 e. The molecule has 1 fully saturated rings. The van der Waals surface area contributed by atoms with Gasteiger partial charge in [0.25, 0.3) is 0 Å². The van der Waals surface area contributed by atoms with E-state index in [-0.39, 0.29) is 5.91 Å². The topological polar surface area (TPSA) is 29.1 Å². The zero-order chi connectivity index (χ0) is 14.5. The highest BCUT2D eigenvalue weighted by molar-refractivity contribution is 6.42. The Bertz CT molecular complexity index is 513. The Kier molecular flexibility index (Phi) is 5.50. The van der Waals surface area contributed by atoms with Gasteiger partial charge in [0.1, 0.15) is 0 Å². The van der Waals surface area contributed by atoms with Gasteiger partial charge in [-0.2, -0.15) is 0 Å². The van der Waals surface area contributed by atoms with Crippen LogP contribution in [0.25, 0.3) is 6.08 Å². The average Bonchev–Trinajstić information content (AvgIpc) is 2.43. The predicted octanol–water partition coefficient (Wildman–Crippen LogP) is 4.70. The van der Waals surface area contributed by atoms with Crippen LogP contribution in [0.5, 0.6) is 0 Å². The highest BCUT2D eigenvalue weighted by Crippen LogP contribution is 2.24. The molecule has 1 aliphatic rings. The lowest BCUT2D eigenvalue weighted by Crippen LogP contribution is -2.40. The Morgan fingerprint density at radius 2 is 2.00 bits per heavy atom. The first-order valence-corrected chi connectivity index (χ1v) is 7.75. The molecule has 0 unspecified atom stereocenters. The van der Waals surface area contributed by atoms with Gasteiger partial charge >= 0.3 is 0 Å². The van der Waals surface area contributed by atoms with Gasteiger partial charge in [0.2, 0.25) is 5.91 Å². The summed E-state index contributed by atoms with van der Waals surface area (Å²) in [5.41, 5.74) is 0.867. The molecule has 0 aromatic heterocycles. The second-order valence-corrected chi connectivity index (χ2v) is 6.20. The van der Waals surface area contributed by atoms with Crippen molar-refractivity contribution < 1.29 is 4.79 Å². The third-order valence-corrected chi connectivity index (χ3v) is 4.55. The summed E-state index contributed by atoms with van der Waals surface area (Å²) in [7, 11) is 0. The van der Waals surface area contributed by atoms with Gasteiger partial charge < -0.3 is 5.32 Å². The lowest BCUT2D eigenvalue weighted by molar-refractivity contribution is -0.117. The van der Waals surface area contributed by atoms with Gasteiger partial charge in [0.15, 0.2) is 0 Å². The fraction of sp³-hybridized carbons (Fsp3) is 0.438. The van der Waals surface area contributed by atoms with Crippen molar-refractivity contribution in [3.63, 3.8) is 0 Å². The Hall–Kier alpha value is -0.990. The molecule has 2 rings (SSSR count). The molecule has 2 atom stereocenters. The minimum Gasteiger partial charge on any atom is -0.350 e. The molecule has 0 heterocycles. The van der Waals surface area contributed by atoms with E-state index in [4.69, 9.17) is 23.2 Å². The van der Waals surface area contributed by atoms with E-state index in [1.165, 1.54) is 19.3 Å². The van der Waals surface area contributed by atoms with Crippen molar-refractivity contribution in [1.29, 1.82) is 0 Å². The number of hydrogen-bond donors (Lipinski definition) is 1. The van der Waals surface area contributed by atoms with Crippen LogP contribution in [0.2, 0.25) is 10.0 Å². The zero-order valence-corrected chi connectivity index (χ0v) is 13.0. The molecule has 2 nitrogen and oxygen atoms in total. The molecule has 1 aromatic carbocycles. The Morgan fingerprint density at radius 1 is 1.25 bits per heavy atom. The van der Waals surface area contributed by atoms with Crippen molar-refractivity contribution in [3.8, 4) is 0 Å². The van der Waals surface area contributed by atoms with E-state index in [2.05, 4.69) is 12.2 Å². The van der Waals surface area contributed by atoms with Crippen LogP contribution >= 0.6 is 23.2 Å². The number of benzene rings is 1. The third-order valence-electron chi connectivity index (χ3n) is 3.81. The number of carbonyl (C=O) groups excluding carboxylic acids is 1. The highest BCUT2D eigenvalue weighted by atomic mass is 35.5. The minimum atomic E-state index is -0.0465. The van der Waals surface area contributed by atoms with E-state index < -0.39 is 0 Å². The second-order valence-electron chi connectivity index (χ2n) is 5.38. The molecule has 1 amide bonds. The summed E-state index contributed by atoms with van der Waals surface area (Å²) in [5.74, 6) is 0.515. The van der Waals surface area contributed by atoms with Crippen LogP contribution < -0.4 is 5.32 Å². The number of rotatable bonds is 3. The first-order chi connectivity index (χ1) is 9.56. The van der Waals surface area contributed by atoms with Crippen molar-refractivity contribution in [2.24, 2.45) is 5.92 Å². The van der Waals surface area contributed by atoms with E-state index in [9.17, 15) is 4.79 Å². The van der Waals surface area contributed by atoms with Crippen LogP contribution in [0.1, 0.15) is 38.2 Å². The van der Waals surface area contributed by atoms with Crippen molar-refractivity contribution in [2.75, 3.05) is 0 Å². The molecule has 1 aromatic rings. The van der Waals surface area contributed by atoms with Gasteiger partial charge in [-0.05, 0) is 42.5 Å². The Labute approximate surface area is 130 Å². The van der Waals surface area contributed by atoms with Crippen molar-refractivity contribution in [1.82, 2.24) is 5.32 Å². The molecule has 0 spiro atoms. The quantitative estimate of drug-likeness (QED) is 0.805. The van der Waals surface area contributed by atoms with Crippen LogP contribution in [-0.4, -0.2) is 11.9 Å².